The van der Waals surface area contributed by atoms with E-state index in [-0.39, 0.29) is 0 Å². The number of benzene rings is 2. The highest BCUT2D eigenvalue weighted by molar-refractivity contribution is 7.99. The SMILES string of the molecule is CCCCCCl.c1ccc2c(c1)Cc1ccccc1S2. The molecule has 20 heavy (non-hydrogen) atoms. The predicted octanol–water partition coefficient (Wildman–Crippen LogP) is 6.16. The Balaban J connectivity index is 0.000000212. The molecule has 0 saturated carbocycles. The van der Waals surface area contributed by atoms with Gasteiger partial charge in [0.1, 0.15) is 0 Å². The van der Waals surface area contributed by atoms with E-state index < -0.39 is 0 Å². The van der Waals surface area contributed by atoms with Crippen molar-refractivity contribution in [1.82, 2.24) is 0 Å². The van der Waals surface area contributed by atoms with Gasteiger partial charge in [-0.3, -0.25) is 0 Å². The van der Waals surface area contributed by atoms with Gasteiger partial charge in [0.2, 0.25) is 0 Å². The van der Waals surface area contributed by atoms with Gasteiger partial charge in [0.25, 0.3) is 0 Å². The third kappa shape index (κ3) is 4.29. The van der Waals surface area contributed by atoms with Gasteiger partial charge in [-0.15, -0.1) is 11.6 Å². The van der Waals surface area contributed by atoms with Crippen LogP contribution in [0.2, 0.25) is 0 Å². The summed E-state index contributed by atoms with van der Waals surface area (Å²) >= 11 is 7.26. The van der Waals surface area contributed by atoms with Gasteiger partial charge in [-0.05, 0) is 36.1 Å². The van der Waals surface area contributed by atoms with E-state index in [1.807, 2.05) is 11.8 Å². The van der Waals surface area contributed by atoms with Crippen molar-refractivity contribution in [1.29, 1.82) is 0 Å². The van der Waals surface area contributed by atoms with Crippen molar-refractivity contribution in [2.75, 3.05) is 5.88 Å². The molecule has 0 aromatic heterocycles. The van der Waals surface area contributed by atoms with Crippen LogP contribution in [0, 0.1) is 0 Å². The van der Waals surface area contributed by atoms with Crippen LogP contribution >= 0.6 is 23.4 Å². The zero-order chi connectivity index (χ0) is 14.2. The molecule has 0 bridgehead atoms. The molecule has 3 rings (SSSR count). The fourth-order valence-electron chi connectivity index (χ4n) is 2.17. The second-order valence-corrected chi connectivity index (χ2v) is 6.35. The first-order chi connectivity index (χ1) is 9.85. The highest BCUT2D eigenvalue weighted by Crippen LogP contribution is 2.38. The minimum absolute atomic E-state index is 0.827. The molecule has 0 fully saturated rings. The Morgan fingerprint density at radius 2 is 1.45 bits per heavy atom. The lowest BCUT2D eigenvalue weighted by Gasteiger charge is -2.17. The molecule has 1 aliphatic rings. The molecule has 2 aromatic rings. The Morgan fingerprint density at radius 3 is 1.90 bits per heavy atom. The number of fused-ring (bicyclic) bond motifs is 2. The molecular formula is C18H21ClS. The van der Waals surface area contributed by atoms with Gasteiger partial charge < -0.3 is 0 Å². The molecule has 1 heterocycles. The topological polar surface area (TPSA) is 0 Å². The summed E-state index contributed by atoms with van der Waals surface area (Å²) in [5.41, 5.74) is 2.91. The number of unbranched alkanes of at least 4 members (excludes halogenated alkanes) is 2. The summed E-state index contributed by atoms with van der Waals surface area (Å²) in [6.07, 6.45) is 4.81. The maximum Gasteiger partial charge on any atom is 0.0223 e. The first-order valence-electron chi connectivity index (χ1n) is 7.24. The average molecular weight is 305 g/mol. The van der Waals surface area contributed by atoms with Crippen molar-refractivity contribution in [3.8, 4) is 0 Å². The Bertz CT molecular complexity index is 445. The molecule has 0 atom stereocenters. The summed E-state index contributed by atoms with van der Waals surface area (Å²) in [4.78, 5) is 2.82. The standard InChI is InChI=1S/C13H10S.C5H11Cl/c1-3-7-12-10(5-1)9-11-6-2-4-8-13(11)14-12;1-2-3-4-5-6/h1-8H,9H2;2-5H2,1H3. The number of hydrogen-bond donors (Lipinski definition) is 0. The molecule has 0 unspecified atom stereocenters. The maximum absolute atomic E-state index is 5.38. The monoisotopic (exact) mass is 304 g/mol. The summed E-state index contributed by atoms with van der Waals surface area (Å²) in [6, 6.07) is 17.3. The van der Waals surface area contributed by atoms with E-state index in [1.54, 1.807) is 0 Å². The lowest BCUT2D eigenvalue weighted by atomic mass is 10.0. The molecule has 0 nitrogen and oxygen atoms in total. The molecule has 106 valence electrons. The number of rotatable bonds is 3. The van der Waals surface area contributed by atoms with Crippen molar-refractivity contribution < 1.29 is 0 Å². The number of hydrogen-bond acceptors (Lipinski definition) is 1. The van der Waals surface area contributed by atoms with Crippen LogP contribution in [-0.2, 0) is 6.42 Å². The van der Waals surface area contributed by atoms with Crippen LogP contribution < -0.4 is 0 Å². The number of alkyl halides is 1. The average Bonchev–Trinajstić information content (AvgIpc) is 2.51. The molecule has 2 aromatic carbocycles. The molecule has 0 aliphatic carbocycles. The van der Waals surface area contributed by atoms with Crippen LogP contribution in [-0.4, -0.2) is 5.88 Å². The summed E-state index contributed by atoms with van der Waals surface area (Å²) in [5, 5.41) is 0. The first-order valence-corrected chi connectivity index (χ1v) is 8.60. The van der Waals surface area contributed by atoms with Crippen molar-refractivity contribution in [2.45, 2.75) is 42.4 Å². The highest BCUT2D eigenvalue weighted by Gasteiger charge is 2.13. The van der Waals surface area contributed by atoms with Gasteiger partial charge in [-0.1, -0.05) is 67.9 Å². The molecule has 1 aliphatic heterocycles. The van der Waals surface area contributed by atoms with Crippen LogP contribution in [0.25, 0.3) is 0 Å². The predicted molar refractivity (Wildman–Crippen MR) is 90.1 cm³/mol. The zero-order valence-corrected chi connectivity index (χ0v) is 13.5. The number of halogens is 1. The van der Waals surface area contributed by atoms with E-state index in [0.29, 0.717) is 0 Å². The lowest BCUT2D eigenvalue weighted by molar-refractivity contribution is 0.776. The van der Waals surface area contributed by atoms with Gasteiger partial charge in [0, 0.05) is 15.7 Å². The molecule has 0 amide bonds. The fourth-order valence-corrected chi connectivity index (χ4v) is 3.43. The van der Waals surface area contributed by atoms with Crippen molar-refractivity contribution in [3.63, 3.8) is 0 Å². The van der Waals surface area contributed by atoms with Gasteiger partial charge >= 0.3 is 0 Å². The van der Waals surface area contributed by atoms with E-state index in [2.05, 4.69) is 55.5 Å². The van der Waals surface area contributed by atoms with Crippen LogP contribution in [0.1, 0.15) is 37.3 Å². The fraction of sp³-hybridized carbons (Fsp3) is 0.333. The summed E-state index contributed by atoms with van der Waals surface area (Å²) in [6.45, 7) is 2.17. The smallest absolute Gasteiger partial charge is 0.0223 e. The van der Waals surface area contributed by atoms with Crippen molar-refractivity contribution >= 4 is 23.4 Å². The van der Waals surface area contributed by atoms with Gasteiger partial charge in [-0.2, -0.15) is 0 Å². The molecule has 0 radical (unpaired) electrons. The molecular weight excluding hydrogens is 284 g/mol. The van der Waals surface area contributed by atoms with Crippen molar-refractivity contribution in [3.05, 3.63) is 59.7 Å². The minimum atomic E-state index is 0.827. The zero-order valence-electron chi connectivity index (χ0n) is 11.9. The van der Waals surface area contributed by atoms with Crippen LogP contribution in [0.15, 0.2) is 58.3 Å². The molecule has 0 saturated heterocycles. The Kier molecular flexibility index (Phi) is 6.49. The largest absolute Gasteiger partial charge is 0.127 e. The molecule has 2 heteroatoms. The summed E-state index contributed by atoms with van der Waals surface area (Å²) < 4.78 is 0. The first kappa shape index (κ1) is 15.5. The lowest BCUT2D eigenvalue weighted by Crippen LogP contribution is -1.98. The van der Waals surface area contributed by atoms with E-state index in [4.69, 9.17) is 11.6 Å². The van der Waals surface area contributed by atoms with E-state index in [1.165, 1.54) is 40.2 Å². The molecule has 0 N–H and O–H groups in total. The maximum atomic E-state index is 5.38. The Labute approximate surface area is 131 Å². The van der Waals surface area contributed by atoms with E-state index >= 15 is 0 Å². The van der Waals surface area contributed by atoms with Crippen LogP contribution in [0.3, 0.4) is 0 Å². The van der Waals surface area contributed by atoms with E-state index in [9.17, 15) is 0 Å². The second kappa shape index (κ2) is 8.39. The van der Waals surface area contributed by atoms with Gasteiger partial charge in [-0.25, -0.2) is 0 Å². The highest BCUT2D eigenvalue weighted by atomic mass is 35.5. The van der Waals surface area contributed by atoms with E-state index in [0.717, 1.165) is 12.3 Å². The second-order valence-electron chi connectivity index (χ2n) is 4.89. The van der Waals surface area contributed by atoms with Crippen LogP contribution in [0.4, 0.5) is 0 Å². The third-order valence-electron chi connectivity index (χ3n) is 3.28. The third-order valence-corrected chi connectivity index (χ3v) is 4.79. The van der Waals surface area contributed by atoms with Gasteiger partial charge in [0.05, 0.1) is 0 Å². The quantitative estimate of drug-likeness (QED) is 0.412. The Morgan fingerprint density at radius 1 is 0.900 bits per heavy atom. The summed E-state index contributed by atoms with van der Waals surface area (Å²) in [7, 11) is 0. The minimum Gasteiger partial charge on any atom is -0.127 e. The van der Waals surface area contributed by atoms with Crippen LogP contribution in [0.5, 0.6) is 0 Å². The molecule has 0 spiro atoms. The normalized spacial score (nSPS) is 11.9. The van der Waals surface area contributed by atoms with Gasteiger partial charge in [0.15, 0.2) is 0 Å². The Hall–Kier alpha value is -0.920. The van der Waals surface area contributed by atoms with Crippen molar-refractivity contribution in [2.24, 2.45) is 0 Å². The summed E-state index contributed by atoms with van der Waals surface area (Å²) in [5.74, 6) is 0.827.